The fourth-order valence-electron chi connectivity index (χ4n) is 3.58. The smallest absolute Gasteiger partial charge is 0.329 e. The highest BCUT2D eigenvalue weighted by Gasteiger charge is 2.20. The molecule has 0 saturated heterocycles. The van der Waals surface area contributed by atoms with E-state index in [-0.39, 0.29) is 29.1 Å². The first kappa shape index (κ1) is 22.1. The van der Waals surface area contributed by atoms with Crippen LogP contribution in [-0.2, 0) is 13.1 Å². The lowest BCUT2D eigenvalue weighted by Gasteiger charge is -2.14. The third-order valence-electron chi connectivity index (χ3n) is 5.32. The van der Waals surface area contributed by atoms with Gasteiger partial charge in [-0.25, -0.2) is 19.4 Å². The van der Waals surface area contributed by atoms with E-state index in [1.807, 2.05) is 45.0 Å². The third-order valence-corrected chi connectivity index (χ3v) is 5.32. The summed E-state index contributed by atoms with van der Waals surface area (Å²) in [4.78, 5) is 49.0. The summed E-state index contributed by atoms with van der Waals surface area (Å²) in [6.07, 6.45) is 3.74. The van der Waals surface area contributed by atoms with Crippen molar-refractivity contribution in [1.29, 1.82) is 0 Å². The molecule has 0 radical (unpaired) electrons. The molecule has 2 N–H and O–H groups in total. The number of pyridine rings is 1. The number of hydrogen-bond acceptors (Lipinski definition) is 6. The van der Waals surface area contributed by atoms with Gasteiger partial charge in [-0.2, -0.15) is 5.10 Å². The van der Waals surface area contributed by atoms with Crippen LogP contribution in [0.4, 0.5) is 0 Å². The normalized spacial score (nSPS) is 11.3. The zero-order valence-electron chi connectivity index (χ0n) is 18.7. The second-order valence-corrected chi connectivity index (χ2v) is 8.05. The monoisotopic (exact) mass is 447 g/mol. The first-order valence-corrected chi connectivity index (χ1v) is 10.8. The molecule has 0 atom stereocenters. The maximum Gasteiger partial charge on any atom is 0.329 e. The Morgan fingerprint density at radius 2 is 1.94 bits per heavy atom. The summed E-state index contributed by atoms with van der Waals surface area (Å²) in [6, 6.07) is 9.15. The molecule has 0 spiro atoms. The molecule has 1 amide bonds. The zero-order chi connectivity index (χ0) is 23.5. The lowest BCUT2D eigenvalue weighted by Crippen LogP contribution is -2.33. The van der Waals surface area contributed by atoms with E-state index in [9.17, 15) is 14.4 Å². The number of nitrogens with zero attached hydrogens (tertiary/aromatic N) is 5. The summed E-state index contributed by atoms with van der Waals surface area (Å²) < 4.78 is 3.06. The molecule has 0 aliphatic carbocycles. The van der Waals surface area contributed by atoms with Crippen LogP contribution in [0.3, 0.4) is 0 Å². The van der Waals surface area contributed by atoms with Gasteiger partial charge < -0.3 is 5.32 Å². The average Bonchev–Trinajstić information content (AvgIpc) is 3.34. The number of H-pyrrole nitrogens is 1. The number of rotatable bonds is 7. The molecule has 0 bridgehead atoms. The van der Waals surface area contributed by atoms with Gasteiger partial charge in [0.15, 0.2) is 5.65 Å². The van der Waals surface area contributed by atoms with Crippen LogP contribution in [0.15, 0.2) is 52.6 Å². The largest absolute Gasteiger partial charge is 0.348 e. The van der Waals surface area contributed by atoms with Gasteiger partial charge in [0.2, 0.25) is 0 Å². The molecule has 4 rings (SSSR count). The molecule has 10 nitrogen and oxygen atoms in total. The van der Waals surface area contributed by atoms with Crippen molar-refractivity contribution < 1.29 is 4.79 Å². The van der Waals surface area contributed by atoms with Crippen LogP contribution in [0.25, 0.3) is 16.7 Å². The number of fused-ring (bicyclic) bond motifs is 1. The van der Waals surface area contributed by atoms with E-state index < -0.39 is 17.2 Å². The van der Waals surface area contributed by atoms with Crippen molar-refractivity contribution in [2.75, 3.05) is 0 Å². The molecule has 3 aromatic heterocycles. The van der Waals surface area contributed by atoms with Gasteiger partial charge in [-0.15, -0.1) is 0 Å². The number of aromatic amines is 1. The molecule has 4 aromatic rings. The van der Waals surface area contributed by atoms with E-state index >= 15 is 0 Å². The van der Waals surface area contributed by atoms with E-state index in [0.717, 1.165) is 11.3 Å². The Balaban J connectivity index is 1.68. The minimum atomic E-state index is -0.618. The van der Waals surface area contributed by atoms with Crippen molar-refractivity contribution in [3.63, 3.8) is 0 Å². The number of aromatic nitrogens is 6. The Morgan fingerprint density at radius 3 is 2.58 bits per heavy atom. The van der Waals surface area contributed by atoms with Crippen LogP contribution < -0.4 is 16.6 Å². The van der Waals surface area contributed by atoms with Gasteiger partial charge >= 0.3 is 5.69 Å². The Hall–Kier alpha value is -4.08. The van der Waals surface area contributed by atoms with E-state index in [4.69, 9.17) is 0 Å². The first-order chi connectivity index (χ1) is 15.9. The van der Waals surface area contributed by atoms with Crippen molar-refractivity contribution in [1.82, 2.24) is 34.6 Å². The van der Waals surface area contributed by atoms with Crippen molar-refractivity contribution in [3.8, 4) is 5.69 Å². The SMILES string of the molecule is CCCn1c(=O)[nH]c(=O)c2c(C(=O)NCc3ccc(-n4cncn4)cc3)cc(C(C)C)nc21. The number of carbonyl (C=O) groups is 1. The lowest BCUT2D eigenvalue weighted by atomic mass is 10.0. The second-order valence-electron chi connectivity index (χ2n) is 8.05. The van der Waals surface area contributed by atoms with Gasteiger partial charge in [0, 0.05) is 18.8 Å². The summed E-state index contributed by atoms with van der Waals surface area (Å²) in [7, 11) is 0. The molecule has 0 unspecified atom stereocenters. The summed E-state index contributed by atoms with van der Waals surface area (Å²) in [5.74, 6) is -0.397. The van der Waals surface area contributed by atoms with Gasteiger partial charge in [0.1, 0.15) is 12.7 Å². The van der Waals surface area contributed by atoms with Crippen molar-refractivity contribution in [2.24, 2.45) is 0 Å². The van der Waals surface area contributed by atoms with E-state index in [1.165, 1.54) is 10.9 Å². The van der Waals surface area contributed by atoms with Gasteiger partial charge in [-0.3, -0.25) is 19.1 Å². The fourth-order valence-corrected chi connectivity index (χ4v) is 3.58. The fraction of sp³-hybridized carbons (Fsp3) is 0.304. The molecule has 170 valence electrons. The average molecular weight is 447 g/mol. The second kappa shape index (κ2) is 9.19. The molecule has 0 aliphatic rings. The number of aryl methyl sites for hydroxylation is 1. The molecule has 1 aromatic carbocycles. The highest BCUT2D eigenvalue weighted by atomic mass is 16.2. The Labute approximate surface area is 189 Å². The summed E-state index contributed by atoms with van der Waals surface area (Å²) in [5.41, 5.74) is 1.66. The van der Waals surface area contributed by atoms with Crippen molar-refractivity contribution in [2.45, 2.75) is 46.2 Å². The Bertz CT molecular complexity index is 1400. The summed E-state index contributed by atoms with van der Waals surface area (Å²) in [6.45, 7) is 6.48. The standard InChI is InChI=1S/C23H25N7O3/c1-4-9-29-20-19(22(32)28-23(29)33)17(10-18(27-20)14(2)3)21(31)25-11-15-5-7-16(8-6-15)30-13-24-12-26-30/h5-8,10,12-14H,4,9,11H2,1-3H3,(H,25,31)(H,28,32,33). The number of carbonyl (C=O) groups excluding carboxylic acids is 1. The summed E-state index contributed by atoms with van der Waals surface area (Å²) >= 11 is 0. The zero-order valence-corrected chi connectivity index (χ0v) is 18.7. The molecular weight excluding hydrogens is 422 g/mol. The lowest BCUT2D eigenvalue weighted by molar-refractivity contribution is 0.0952. The van der Waals surface area contributed by atoms with Gasteiger partial charge in [0.05, 0.1) is 16.6 Å². The predicted molar refractivity (Wildman–Crippen MR) is 124 cm³/mol. The van der Waals surface area contributed by atoms with Gasteiger partial charge in [-0.1, -0.05) is 32.9 Å². The van der Waals surface area contributed by atoms with E-state index in [0.29, 0.717) is 18.7 Å². The summed E-state index contributed by atoms with van der Waals surface area (Å²) in [5, 5.41) is 7.09. The molecule has 3 heterocycles. The van der Waals surface area contributed by atoms with Crippen molar-refractivity contribution >= 4 is 16.9 Å². The first-order valence-electron chi connectivity index (χ1n) is 10.8. The maximum atomic E-state index is 13.2. The van der Waals surface area contributed by atoms with E-state index in [1.54, 1.807) is 17.1 Å². The van der Waals surface area contributed by atoms with Crippen LogP contribution >= 0.6 is 0 Å². The quantitative estimate of drug-likeness (QED) is 0.447. The molecule has 0 aliphatic heterocycles. The topological polar surface area (TPSA) is 128 Å². The molecular formula is C23H25N7O3. The van der Waals surface area contributed by atoms with Gasteiger partial charge in [0.25, 0.3) is 11.5 Å². The third kappa shape index (κ3) is 4.45. The number of benzene rings is 1. The number of nitrogens with one attached hydrogen (secondary N) is 2. The Morgan fingerprint density at radius 1 is 1.18 bits per heavy atom. The predicted octanol–water partition coefficient (Wildman–Crippen LogP) is 2.13. The highest BCUT2D eigenvalue weighted by molar-refractivity contribution is 6.05. The van der Waals surface area contributed by atoms with Crippen LogP contribution in [0, 0.1) is 0 Å². The minimum Gasteiger partial charge on any atom is -0.348 e. The van der Waals surface area contributed by atoms with Crippen LogP contribution in [0.2, 0.25) is 0 Å². The Kier molecular flexibility index (Phi) is 6.16. The maximum absolute atomic E-state index is 13.2. The van der Waals surface area contributed by atoms with E-state index in [2.05, 4.69) is 25.4 Å². The number of amides is 1. The highest BCUT2D eigenvalue weighted by Crippen LogP contribution is 2.20. The van der Waals surface area contributed by atoms with Crippen LogP contribution in [0.1, 0.15) is 54.7 Å². The number of hydrogen-bond donors (Lipinski definition) is 2. The molecule has 33 heavy (non-hydrogen) atoms. The molecule has 10 heteroatoms. The van der Waals surface area contributed by atoms with Crippen LogP contribution in [-0.4, -0.2) is 35.2 Å². The van der Waals surface area contributed by atoms with Crippen LogP contribution in [0.5, 0.6) is 0 Å². The molecule has 0 saturated carbocycles. The van der Waals surface area contributed by atoms with Crippen molar-refractivity contribution in [3.05, 3.63) is 80.6 Å². The minimum absolute atomic E-state index is 0.00902. The molecule has 0 fully saturated rings. The van der Waals surface area contributed by atoms with Gasteiger partial charge in [-0.05, 0) is 36.1 Å².